The van der Waals surface area contributed by atoms with E-state index in [1.54, 1.807) is 19.1 Å². The minimum atomic E-state index is -1.17. The molecule has 6 amide bonds. The maximum atomic E-state index is 12.5. The van der Waals surface area contributed by atoms with Crippen LogP contribution in [0.4, 0.5) is 9.59 Å². The lowest BCUT2D eigenvalue weighted by Gasteiger charge is -2.20. The first-order chi connectivity index (χ1) is 10.4. The summed E-state index contributed by atoms with van der Waals surface area (Å²) in [5.41, 5.74) is -1.17. The second-order valence-corrected chi connectivity index (χ2v) is 6.15. The van der Waals surface area contributed by atoms with Crippen LogP contribution >= 0.6 is 11.3 Å². The molecule has 0 radical (unpaired) electrons. The molecule has 3 rings (SSSR count). The Kier molecular flexibility index (Phi) is 3.36. The van der Waals surface area contributed by atoms with E-state index in [4.69, 9.17) is 0 Å². The Hall–Kier alpha value is -2.42. The normalized spacial score (nSPS) is 24.7. The summed E-state index contributed by atoms with van der Waals surface area (Å²) in [5, 5.41) is 6.92. The molecule has 2 fully saturated rings. The molecule has 2 N–H and O–H groups in total. The first-order valence-electron chi connectivity index (χ1n) is 6.70. The molecule has 9 heteroatoms. The number of rotatable bonds is 3. The van der Waals surface area contributed by atoms with Crippen molar-refractivity contribution in [3.8, 4) is 0 Å². The second kappa shape index (κ2) is 5.09. The molecule has 8 nitrogen and oxygen atoms in total. The molecule has 0 aromatic carbocycles. The first-order valence-corrected chi connectivity index (χ1v) is 7.58. The van der Waals surface area contributed by atoms with Crippen LogP contribution in [0.15, 0.2) is 17.5 Å². The van der Waals surface area contributed by atoms with Gasteiger partial charge in [-0.25, -0.2) is 9.59 Å². The summed E-state index contributed by atoms with van der Waals surface area (Å²) >= 11 is 1.35. The molecular weight excluding hydrogens is 308 g/mol. The van der Waals surface area contributed by atoms with E-state index < -0.39 is 36.0 Å². The van der Waals surface area contributed by atoms with Crippen LogP contribution in [0.25, 0.3) is 0 Å². The fraction of sp³-hybridized carbons (Fsp3) is 0.385. The monoisotopic (exact) mass is 322 g/mol. The van der Waals surface area contributed by atoms with Crippen LogP contribution in [0.3, 0.4) is 0 Å². The molecule has 1 aromatic rings. The van der Waals surface area contributed by atoms with Crippen molar-refractivity contribution >= 4 is 35.2 Å². The number of carbonyl (C=O) groups excluding carboxylic acids is 4. The van der Waals surface area contributed by atoms with Crippen molar-refractivity contribution in [1.82, 2.24) is 20.4 Å². The van der Waals surface area contributed by atoms with Gasteiger partial charge in [0.1, 0.15) is 6.54 Å². The topological polar surface area (TPSA) is 98.8 Å². The second-order valence-electron chi connectivity index (χ2n) is 5.20. The quantitative estimate of drug-likeness (QED) is 0.769. The van der Waals surface area contributed by atoms with Crippen LogP contribution in [-0.2, 0) is 15.1 Å². The molecule has 2 aliphatic heterocycles. The summed E-state index contributed by atoms with van der Waals surface area (Å²) in [7, 11) is 0. The van der Waals surface area contributed by atoms with Crippen LogP contribution in [0.1, 0.15) is 11.8 Å². The highest BCUT2D eigenvalue weighted by Crippen LogP contribution is 2.31. The van der Waals surface area contributed by atoms with Crippen LogP contribution < -0.4 is 10.6 Å². The van der Waals surface area contributed by atoms with Gasteiger partial charge in [-0.2, -0.15) is 0 Å². The largest absolute Gasteiger partial charge is 0.336 e. The summed E-state index contributed by atoms with van der Waals surface area (Å²) in [6.07, 6.45) is 0. The maximum Gasteiger partial charge on any atom is 0.325 e. The van der Waals surface area contributed by atoms with E-state index in [0.717, 1.165) is 9.80 Å². The zero-order chi connectivity index (χ0) is 15.9. The molecule has 0 bridgehead atoms. The van der Waals surface area contributed by atoms with Crippen LogP contribution in [0.2, 0.25) is 0 Å². The molecule has 2 aliphatic rings. The van der Waals surface area contributed by atoms with Crippen molar-refractivity contribution in [1.29, 1.82) is 0 Å². The molecule has 0 aliphatic carbocycles. The third kappa shape index (κ3) is 2.13. The standard InChI is InChI=1S/C13H14N4O4S/c1-13(8-3-2-6-22-8)10(19)17(12(21)15-13)7-9(18)16-5-4-14-11(16)20/h2-3,6H,4-5,7H2,1H3,(H,14,20)(H,15,21). The molecule has 0 spiro atoms. The Morgan fingerprint density at radius 2 is 2.14 bits per heavy atom. The van der Waals surface area contributed by atoms with Gasteiger partial charge < -0.3 is 10.6 Å². The number of hydrogen-bond donors (Lipinski definition) is 2. The molecule has 3 heterocycles. The Morgan fingerprint density at radius 3 is 2.73 bits per heavy atom. The summed E-state index contributed by atoms with van der Waals surface area (Å²) in [5.74, 6) is -1.07. The van der Waals surface area contributed by atoms with E-state index >= 15 is 0 Å². The lowest BCUT2D eigenvalue weighted by molar-refractivity contribution is -0.137. The number of nitrogens with zero attached hydrogens (tertiary/aromatic N) is 2. The lowest BCUT2D eigenvalue weighted by atomic mass is 10.0. The van der Waals surface area contributed by atoms with Gasteiger partial charge in [-0.15, -0.1) is 11.3 Å². The van der Waals surface area contributed by atoms with Crippen LogP contribution in [0, 0.1) is 0 Å². The van der Waals surface area contributed by atoms with Crippen molar-refractivity contribution in [3.63, 3.8) is 0 Å². The Balaban J connectivity index is 1.78. The number of nitrogens with one attached hydrogen (secondary N) is 2. The molecule has 22 heavy (non-hydrogen) atoms. The number of imide groups is 2. The number of hydrogen-bond acceptors (Lipinski definition) is 5. The first kappa shape index (κ1) is 14.5. The van der Waals surface area contributed by atoms with E-state index in [1.807, 2.05) is 5.38 Å². The van der Waals surface area contributed by atoms with Gasteiger partial charge in [0, 0.05) is 18.0 Å². The summed E-state index contributed by atoms with van der Waals surface area (Å²) in [4.78, 5) is 50.7. The van der Waals surface area contributed by atoms with E-state index in [9.17, 15) is 19.2 Å². The summed E-state index contributed by atoms with van der Waals surface area (Å²) in [6.45, 7) is 1.77. The van der Waals surface area contributed by atoms with Gasteiger partial charge in [0.15, 0.2) is 5.54 Å². The van der Waals surface area contributed by atoms with Crippen LogP contribution in [0.5, 0.6) is 0 Å². The zero-order valence-corrected chi connectivity index (χ0v) is 12.6. The average molecular weight is 322 g/mol. The third-order valence-corrected chi connectivity index (χ3v) is 4.83. The SMILES string of the molecule is CC1(c2cccs2)NC(=O)N(CC(=O)N2CCNC2=O)C1=O. The zero-order valence-electron chi connectivity index (χ0n) is 11.8. The number of carbonyl (C=O) groups is 4. The van der Waals surface area contributed by atoms with E-state index in [2.05, 4.69) is 10.6 Å². The number of urea groups is 2. The van der Waals surface area contributed by atoms with Crippen molar-refractivity contribution in [3.05, 3.63) is 22.4 Å². The predicted octanol–water partition coefficient (Wildman–Crippen LogP) is 0.0669. The van der Waals surface area contributed by atoms with Gasteiger partial charge in [-0.1, -0.05) is 6.07 Å². The van der Waals surface area contributed by atoms with Gasteiger partial charge in [-0.05, 0) is 18.4 Å². The summed E-state index contributed by atoms with van der Waals surface area (Å²) in [6, 6.07) is 2.40. The fourth-order valence-corrected chi connectivity index (χ4v) is 3.34. The van der Waals surface area contributed by atoms with E-state index in [1.165, 1.54) is 11.3 Å². The molecule has 1 atom stereocenters. The van der Waals surface area contributed by atoms with Gasteiger partial charge in [0.05, 0.1) is 0 Å². The van der Waals surface area contributed by atoms with Crippen molar-refractivity contribution in [2.45, 2.75) is 12.5 Å². The fourth-order valence-electron chi connectivity index (χ4n) is 2.50. The van der Waals surface area contributed by atoms with Crippen molar-refractivity contribution in [2.75, 3.05) is 19.6 Å². The van der Waals surface area contributed by atoms with Gasteiger partial charge in [0.2, 0.25) is 0 Å². The highest BCUT2D eigenvalue weighted by Gasteiger charge is 2.50. The summed E-state index contributed by atoms with van der Waals surface area (Å²) < 4.78 is 0. The number of amides is 6. The molecule has 1 unspecified atom stereocenters. The Morgan fingerprint density at radius 1 is 1.36 bits per heavy atom. The average Bonchev–Trinajstić information content (AvgIpc) is 3.17. The van der Waals surface area contributed by atoms with Gasteiger partial charge in [-0.3, -0.25) is 19.4 Å². The van der Waals surface area contributed by atoms with Gasteiger partial charge >= 0.3 is 12.1 Å². The smallest absolute Gasteiger partial charge is 0.325 e. The molecule has 116 valence electrons. The van der Waals surface area contributed by atoms with Crippen LogP contribution in [-0.4, -0.2) is 53.3 Å². The van der Waals surface area contributed by atoms with Gasteiger partial charge in [0.25, 0.3) is 11.8 Å². The highest BCUT2D eigenvalue weighted by molar-refractivity contribution is 7.10. The number of thiophene rings is 1. The molecule has 2 saturated heterocycles. The minimum absolute atomic E-state index is 0.240. The Bertz CT molecular complexity index is 659. The molecular formula is C13H14N4O4S. The lowest BCUT2D eigenvalue weighted by Crippen LogP contribution is -2.45. The maximum absolute atomic E-state index is 12.5. The Labute approximate surface area is 130 Å². The van der Waals surface area contributed by atoms with E-state index in [0.29, 0.717) is 11.4 Å². The predicted molar refractivity (Wildman–Crippen MR) is 77.0 cm³/mol. The van der Waals surface area contributed by atoms with Crippen molar-refractivity contribution < 1.29 is 19.2 Å². The minimum Gasteiger partial charge on any atom is -0.336 e. The highest BCUT2D eigenvalue weighted by atomic mass is 32.1. The van der Waals surface area contributed by atoms with E-state index in [-0.39, 0.29) is 6.54 Å². The third-order valence-electron chi connectivity index (χ3n) is 3.74. The van der Waals surface area contributed by atoms with Crippen molar-refractivity contribution in [2.24, 2.45) is 0 Å². The molecule has 0 saturated carbocycles. The molecule has 1 aromatic heterocycles.